The molecule has 0 amide bonds. The lowest BCUT2D eigenvalue weighted by molar-refractivity contribution is 0.622. The normalized spacial score (nSPS) is 12.0. The van der Waals surface area contributed by atoms with Gasteiger partial charge in [0.2, 0.25) is 0 Å². The second-order valence-corrected chi connectivity index (χ2v) is 2.27. The van der Waals surface area contributed by atoms with E-state index in [1.165, 1.54) is 0 Å². The summed E-state index contributed by atoms with van der Waals surface area (Å²) < 4.78 is 0. The van der Waals surface area contributed by atoms with Gasteiger partial charge in [0, 0.05) is 0 Å². The van der Waals surface area contributed by atoms with Crippen molar-refractivity contribution >= 4 is 0 Å². The van der Waals surface area contributed by atoms with Crippen molar-refractivity contribution in [3.63, 3.8) is 0 Å². The molecule has 1 N–H and O–H groups in total. The van der Waals surface area contributed by atoms with Crippen LogP contribution in [0.3, 0.4) is 0 Å². The van der Waals surface area contributed by atoms with Crippen LogP contribution in [0.5, 0.6) is 0 Å². The molecule has 0 fully saturated rings. The topological polar surface area (TPSA) is 12.0 Å². The van der Waals surface area contributed by atoms with E-state index in [9.17, 15) is 0 Å². The Bertz CT molecular complexity index is 121. The minimum absolute atomic E-state index is 0.199. The van der Waals surface area contributed by atoms with Gasteiger partial charge >= 0.3 is 0 Å². The van der Waals surface area contributed by atoms with E-state index in [0.717, 1.165) is 19.4 Å². The predicted octanol–water partition coefficient (Wildman–Crippen LogP) is 1.56. The van der Waals surface area contributed by atoms with Crippen molar-refractivity contribution in [2.24, 2.45) is 0 Å². The zero-order chi connectivity index (χ0) is 7.82. The molecule has 56 valence electrons. The molecule has 0 saturated carbocycles. The van der Waals surface area contributed by atoms with Crippen molar-refractivity contribution in [3.8, 4) is 12.3 Å². The summed E-state index contributed by atoms with van der Waals surface area (Å²) in [5.74, 6) is 2.60. The molecular weight excluding hydrogens is 122 g/mol. The number of unbranched alkanes of at least 4 members (excludes halogenated alkanes) is 1. The lowest BCUT2D eigenvalue weighted by Gasteiger charge is -2.04. The molecule has 0 spiro atoms. The molecule has 1 atom stereocenters. The average Bonchev–Trinajstić information content (AvgIpc) is 1.98. The Morgan fingerprint density at radius 2 is 2.50 bits per heavy atom. The zero-order valence-corrected chi connectivity index (χ0v) is 6.56. The molecule has 0 aromatic carbocycles. The number of rotatable bonds is 5. The van der Waals surface area contributed by atoms with Gasteiger partial charge in [0.25, 0.3) is 0 Å². The average molecular weight is 137 g/mol. The number of allylic oxidation sites excluding steroid dienone is 1. The van der Waals surface area contributed by atoms with Crippen LogP contribution in [0.4, 0.5) is 0 Å². The molecule has 0 aromatic heterocycles. The SMILES string of the molecule is C#CC(C)NCCCC=C. The third-order valence-electron chi connectivity index (χ3n) is 1.29. The first-order valence-corrected chi connectivity index (χ1v) is 3.61. The van der Waals surface area contributed by atoms with Crippen molar-refractivity contribution < 1.29 is 0 Å². The molecule has 0 aliphatic rings. The maximum atomic E-state index is 5.15. The Morgan fingerprint density at radius 1 is 1.80 bits per heavy atom. The highest BCUT2D eigenvalue weighted by Crippen LogP contribution is 1.87. The summed E-state index contributed by atoms with van der Waals surface area (Å²) in [6.07, 6.45) is 9.25. The highest BCUT2D eigenvalue weighted by Gasteiger charge is 1.91. The van der Waals surface area contributed by atoms with Gasteiger partial charge in [-0.15, -0.1) is 13.0 Å². The highest BCUT2D eigenvalue weighted by molar-refractivity contribution is 4.95. The Kier molecular flexibility index (Phi) is 5.91. The summed E-state index contributed by atoms with van der Waals surface area (Å²) in [5.41, 5.74) is 0. The van der Waals surface area contributed by atoms with Crippen molar-refractivity contribution in [2.75, 3.05) is 6.54 Å². The summed E-state index contributed by atoms with van der Waals surface area (Å²) in [7, 11) is 0. The van der Waals surface area contributed by atoms with Gasteiger partial charge in [0.1, 0.15) is 0 Å². The fourth-order valence-corrected chi connectivity index (χ4v) is 0.624. The van der Waals surface area contributed by atoms with Crippen LogP contribution in [-0.2, 0) is 0 Å². The standard InChI is InChI=1S/C9H15N/c1-4-6-7-8-10-9(3)5-2/h2,4,9-10H,1,6-8H2,3H3. The van der Waals surface area contributed by atoms with Crippen molar-refractivity contribution in [1.29, 1.82) is 0 Å². The fourth-order valence-electron chi connectivity index (χ4n) is 0.624. The van der Waals surface area contributed by atoms with E-state index in [4.69, 9.17) is 6.42 Å². The number of nitrogens with one attached hydrogen (secondary N) is 1. The van der Waals surface area contributed by atoms with Crippen LogP contribution in [0.15, 0.2) is 12.7 Å². The van der Waals surface area contributed by atoms with E-state index in [-0.39, 0.29) is 6.04 Å². The summed E-state index contributed by atoms with van der Waals surface area (Å²) in [5, 5.41) is 3.18. The Hall–Kier alpha value is -0.740. The Morgan fingerprint density at radius 3 is 3.00 bits per heavy atom. The first-order chi connectivity index (χ1) is 4.81. The van der Waals surface area contributed by atoms with Crippen LogP contribution in [0, 0.1) is 12.3 Å². The molecule has 0 heterocycles. The zero-order valence-electron chi connectivity index (χ0n) is 6.56. The third-order valence-corrected chi connectivity index (χ3v) is 1.29. The molecule has 0 bridgehead atoms. The van der Waals surface area contributed by atoms with Crippen LogP contribution >= 0.6 is 0 Å². The van der Waals surface area contributed by atoms with Crippen molar-refractivity contribution in [1.82, 2.24) is 5.32 Å². The second kappa shape index (κ2) is 6.38. The van der Waals surface area contributed by atoms with Gasteiger partial charge in [-0.25, -0.2) is 0 Å². The molecule has 0 aliphatic heterocycles. The fraction of sp³-hybridized carbons (Fsp3) is 0.556. The van der Waals surface area contributed by atoms with Crippen LogP contribution in [-0.4, -0.2) is 12.6 Å². The smallest absolute Gasteiger partial charge is 0.0658 e. The molecule has 0 aliphatic carbocycles. The number of hydrogen-bond donors (Lipinski definition) is 1. The van der Waals surface area contributed by atoms with Gasteiger partial charge in [0.15, 0.2) is 0 Å². The molecule has 1 nitrogen and oxygen atoms in total. The monoisotopic (exact) mass is 137 g/mol. The van der Waals surface area contributed by atoms with Crippen LogP contribution in [0.1, 0.15) is 19.8 Å². The Labute approximate surface area is 63.5 Å². The predicted molar refractivity (Wildman–Crippen MR) is 45.7 cm³/mol. The van der Waals surface area contributed by atoms with Gasteiger partial charge in [0.05, 0.1) is 6.04 Å². The lowest BCUT2D eigenvalue weighted by atomic mass is 10.3. The maximum absolute atomic E-state index is 5.15. The van der Waals surface area contributed by atoms with Crippen LogP contribution < -0.4 is 5.32 Å². The number of terminal acetylenes is 1. The second-order valence-electron chi connectivity index (χ2n) is 2.27. The van der Waals surface area contributed by atoms with Crippen molar-refractivity contribution in [3.05, 3.63) is 12.7 Å². The largest absolute Gasteiger partial charge is 0.304 e. The third kappa shape index (κ3) is 5.40. The van der Waals surface area contributed by atoms with E-state index >= 15 is 0 Å². The van der Waals surface area contributed by atoms with E-state index < -0.39 is 0 Å². The molecule has 0 aromatic rings. The minimum Gasteiger partial charge on any atom is -0.304 e. The van der Waals surface area contributed by atoms with E-state index in [0.29, 0.717) is 0 Å². The molecule has 1 unspecified atom stereocenters. The van der Waals surface area contributed by atoms with Crippen LogP contribution in [0.25, 0.3) is 0 Å². The molecule has 0 saturated heterocycles. The van der Waals surface area contributed by atoms with Gasteiger partial charge < -0.3 is 5.32 Å². The first kappa shape index (κ1) is 9.26. The molecule has 0 rings (SSSR count). The Balaban J connectivity index is 3.05. The summed E-state index contributed by atoms with van der Waals surface area (Å²) >= 11 is 0. The van der Waals surface area contributed by atoms with Gasteiger partial charge in [-0.1, -0.05) is 12.0 Å². The maximum Gasteiger partial charge on any atom is 0.0658 e. The molecule has 10 heavy (non-hydrogen) atoms. The number of hydrogen-bond acceptors (Lipinski definition) is 1. The summed E-state index contributed by atoms with van der Waals surface area (Å²) in [6.45, 7) is 6.59. The van der Waals surface area contributed by atoms with E-state index in [1.807, 2.05) is 13.0 Å². The first-order valence-electron chi connectivity index (χ1n) is 3.61. The molecule has 1 heteroatoms. The molecule has 0 radical (unpaired) electrons. The lowest BCUT2D eigenvalue weighted by Crippen LogP contribution is -2.24. The van der Waals surface area contributed by atoms with Gasteiger partial charge in [-0.05, 0) is 26.3 Å². The summed E-state index contributed by atoms with van der Waals surface area (Å²) in [6, 6.07) is 0.199. The van der Waals surface area contributed by atoms with Crippen LogP contribution in [0.2, 0.25) is 0 Å². The minimum atomic E-state index is 0.199. The quantitative estimate of drug-likeness (QED) is 0.344. The van der Waals surface area contributed by atoms with E-state index in [2.05, 4.69) is 17.8 Å². The molecular formula is C9H15N. The van der Waals surface area contributed by atoms with Gasteiger partial charge in [-0.3, -0.25) is 0 Å². The van der Waals surface area contributed by atoms with E-state index in [1.54, 1.807) is 0 Å². The highest BCUT2D eigenvalue weighted by atomic mass is 14.9. The van der Waals surface area contributed by atoms with Gasteiger partial charge in [-0.2, -0.15) is 0 Å². The van der Waals surface area contributed by atoms with Crippen molar-refractivity contribution in [2.45, 2.75) is 25.8 Å². The summed E-state index contributed by atoms with van der Waals surface area (Å²) in [4.78, 5) is 0.